The van der Waals surface area contributed by atoms with Crippen molar-refractivity contribution in [3.63, 3.8) is 0 Å². The third-order valence-electron chi connectivity index (χ3n) is 4.22. The van der Waals surface area contributed by atoms with E-state index in [0.29, 0.717) is 11.4 Å². The average Bonchev–Trinajstić information content (AvgIpc) is 3.13. The van der Waals surface area contributed by atoms with Crippen LogP contribution in [0.1, 0.15) is 6.92 Å². The van der Waals surface area contributed by atoms with E-state index in [2.05, 4.69) is 15.3 Å². The van der Waals surface area contributed by atoms with Crippen LogP contribution in [0.25, 0.3) is 22.4 Å². The molecule has 0 aliphatic carbocycles. The fourth-order valence-electron chi connectivity index (χ4n) is 2.82. The smallest absolute Gasteiger partial charge is 0.265 e. The van der Waals surface area contributed by atoms with Gasteiger partial charge in [0.05, 0.1) is 11.0 Å². The number of hydrogen-bond donors (Lipinski definition) is 2. The van der Waals surface area contributed by atoms with Gasteiger partial charge in [-0.05, 0) is 37.3 Å². The summed E-state index contributed by atoms with van der Waals surface area (Å²) in [5, 5.41) is 2.89. The number of carbonyl (C=O) groups is 1. The molecule has 0 aliphatic heterocycles. The topological polar surface area (TPSA) is 67.0 Å². The molecule has 134 valence electrons. The number of H-pyrrole nitrogens is 1. The van der Waals surface area contributed by atoms with Crippen LogP contribution in [0.5, 0.6) is 5.75 Å². The molecule has 1 atom stereocenters. The second-order valence-corrected chi connectivity index (χ2v) is 6.25. The second kappa shape index (κ2) is 7.33. The lowest BCUT2D eigenvalue weighted by molar-refractivity contribution is -0.122. The third kappa shape index (κ3) is 3.82. The van der Waals surface area contributed by atoms with Crippen molar-refractivity contribution in [2.24, 2.45) is 0 Å². The highest BCUT2D eigenvalue weighted by molar-refractivity contribution is 5.96. The molecule has 2 N–H and O–H groups in total. The van der Waals surface area contributed by atoms with Crippen molar-refractivity contribution >= 4 is 22.6 Å². The summed E-state index contributed by atoms with van der Waals surface area (Å²) in [6, 6.07) is 24.8. The molecule has 0 spiro atoms. The summed E-state index contributed by atoms with van der Waals surface area (Å²) in [4.78, 5) is 20.3. The van der Waals surface area contributed by atoms with Gasteiger partial charge in [-0.15, -0.1) is 0 Å². The van der Waals surface area contributed by atoms with Crippen LogP contribution in [0.2, 0.25) is 0 Å². The zero-order chi connectivity index (χ0) is 18.6. The number of para-hydroxylation sites is 1. The lowest BCUT2D eigenvalue weighted by Crippen LogP contribution is -2.30. The highest BCUT2D eigenvalue weighted by Gasteiger charge is 2.15. The van der Waals surface area contributed by atoms with Crippen LogP contribution in [-0.2, 0) is 4.79 Å². The molecular weight excluding hydrogens is 338 g/mol. The van der Waals surface area contributed by atoms with E-state index >= 15 is 0 Å². The number of rotatable bonds is 5. The van der Waals surface area contributed by atoms with Crippen LogP contribution in [0.4, 0.5) is 5.69 Å². The van der Waals surface area contributed by atoms with E-state index in [1.54, 1.807) is 6.92 Å². The average molecular weight is 357 g/mol. The predicted octanol–water partition coefficient (Wildman–Crippen LogP) is 4.64. The van der Waals surface area contributed by atoms with Crippen molar-refractivity contribution in [3.8, 4) is 17.1 Å². The van der Waals surface area contributed by atoms with E-state index in [-0.39, 0.29) is 5.91 Å². The lowest BCUT2D eigenvalue weighted by atomic mass is 10.2. The van der Waals surface area contributed by atoms with E-state index in [1.165, 1.54) is 0 Å². The number of imidazole rings is 1. The Morgan fingerprint density at radius 2 is 1.70 bits per heavy atom. The molecule has 1 aromatic heterocycles. The molecule has 0 fully saturated rings. The van der Waals surface area contributed by atoms with Gasteiger partial charge < -0.3 is 15.0 Å². The molecule has 0 radical (unpaired) electrons. The fraction of sp³-hybridized carbons (Fsp3) is 0.0909. The quantitative estimate of drug-likeness (QED) is 0.547. The monoisotopic (exact) mass is 357 g/mol. The third-order valence-corrected chi connectivity index (χ3v) is 4.22. The number of carbonyl (C=O) groups excluding carboxylic acids is 1. The summed E-state index contributed by atoms with van der Waals surface area (Å²) in [6.07, 6.45) is -0.607. The molecule has 0 saturated carbocycles. The van der Waals surface area contributed by atoms with Crippen molar-refractivity contribution in [2.75, 3.05) is 5.32 Å². The molecule has 0 bridgehead atoms. The number of nitrogens with one attached hydrogen (secondary N) is 2. The van der Waals surface area contributed by atoms with Crippen molar-refractivity contribution in [1.82, 2.24) is 9.97 Å². The Kier molecular flexibility index (Phi) is 4.58. The van der Waals surface area contributed by atoms with Gasteiger partial charge in [-0.1, -0.05) is 48.5 Å². The summed E-state index contributed by atoms with van der Waals surface area (Å²) in [7, 11) is 0. The fourth-order valence-corrected chi connectivity index (χ4v) is 2.82. The molecular formula is C22H19N3O2. The Bertz CT molecular complexity index is 1060. The minimum atomic E-state index is -0.607. The van der Waals surface area contributed by atoms with Gasteiger partial charge in [-0.3, -0.25) is 4.79 Å². The summed E-state index contributed by atoms with van der Waals surface area (Å²) < 4.78 is 5.67. The van der Waals surface area contributed by atoms with Gasteiger partial charge in [0, 0.05) is 11.3 Å². The molecule has 1 unspecified atom stereocenters. The number of amides is 1. The summed E-state index contributed by atoms with van der Waals surface area (Å²) >= 11 is 0. The molecule has 4 aromatic rings. The first-order valence-corrected chi connectivity index (χ1v) is 8.77. The molecule has 1 heterocycles. The number of aromatic amines is 1. The van der Waals surface area contributed by atoms with Crippen LogP contribution in [-0.4, -0.2) is 22.0 Å². The highest BCUT2D eigenvalue weighted by atomic mass is 16.5. The van der Waals surface area contributed by atoms with E-state index in [1.807, 2.05) is 78.9 Å². The maximum atomic E-state index is 12.4. The van der Waals surface area contributed by atoms with Gasteiger partial charge in [0.1, 0.15) is 11.6 Å². The largest absolute Gasteiger partial charge is 0.481 e. The summed E-state index contributed by atoms with van der Waals surface area (Å²) in [5.41, 5.74) is 3.42. The second-order valence-electron chi connectivity index (χ2n) is 6.25. The van der Waals surface area contributed by atoms with Crippen LogP contribution in [0.3, 0.4) is 0 Å². The molecule has 3 aromatic carbocycles. The van der Waals surface area contributed by atoms with E-state index in [4.69, 9.17) is 4.74 Å². The van der Waals surface area contributed by atoms with Crippen molar-refractivity contribution < 1.29 is 9.53 Å². The summed E-state index contributed by atoms with van der Waals surface area (Å²) in [6.45, 7) is 1.73. The van der Waals surface area contributed by atoms with Gasteiger partial charge in [-0.2, -0.15) is 0 Å². The number of nitrogens with zero attached hydrogens (tertiary/aromatic N) is 1. The molecule has 27 heavy (non-hydrogen) atoms. The van der Waals surface area contributed by atoms with Gasteiger partial charge in [0.2, 0.25) is 0 Å². The van der Waals surface area contributed by atoms with Gasteiger partial charge >= 0.3 is 0 Å². The number of hydrogen-bond acceptors (Lipinski definition) is 3. The number of benzene rings is 3. The Hall–Kier alpha value is -3.60. The van der Waals surface area contributed by atoms with Crippen molar-refractivity contribution in [3.05, 3.63) is 78.9 Å². The Morgan fingerprint density at radius 3 is 2.44 bits per heavy atom. The first kappa shape index (κ1) is 16.8. The van der Waals surface area contributed by atoms with Gasteiger partial charge in [0.15, 0.2) is 6.10 Å². The standard InChI is InChI=1S/C22H19N3O2/c1-15(27-18-10-6-3-7-11-18)22(26)23-17-12-13-19-20(14-17)25-21(24-19)16-8-4-2-5-9-16/h2-15H,1H3,(H,23,26)(H,24,25). The number of fused-ring (bicyclic) bond motifs is 1. The first-order valence-electron chi connectivity index (χ1n) is 8.77. The maximum Gasteiger partial charge on any atom is 0.265 e. The van der Waals surface area contributed by atoms with Crippen LogP contribution in [0.15, 0.2) is 78.9 Å². The Balaban J connectivity index is 1.49. The SMILES string of the molecule is CC(Oc1ccccc1)C(=O)Nc1ccc2nc(-c3ccccc3)[nH]c2c1. The van der Waals surface area contributed by atoms with E-state index < -0.39 is 6.10 Å². The first-order chi connectivity index (χ1) is 13.2. The van der Waals surface area contributed by atoms with E-state index in [0.717, 1.165) is 22.4 Å². The Morgan fingerprint density at radius 1 is 1.00 bits per heavy atom. The summed E-state index contributed by atoms with van der Waals surface area (Å²) in [5.74, 6) is 1.26. The van der Waals surface area contributed by atoms with Gasteiger partial charge in [0.25, 0.3) is 5.91 Å². The molecule has 0 aliphatic rings. The van der Waals surface area contributed by atoms with E-state index in [9.17, 15) is 4.79 Å². The predicted molar refractivity (Wildman–Crippen MR) is 107 cm³/mol. The number of anilines is 1. The van der Waals surface area contributed by atoms with Crippen LogP contribution < -0.4 is 10.1 Å². The van der Waals surface area contributed by atoms with Crippen LogP contribution in [0, 0.1) is 0 Å². The highest BCUT2D eigenvalue weighted by Crippen LogP contribution is 2.23. The zero-order valence-electron chi connectivity index (χ0n) is 14.8. The minimum Gasteiger partial charge on any atom is -0.481 e. The van der Waals surface area contributed by atoms with Crippen molar-refractivity contribution in [2.45, 2.75) is 13.0 Å². The molecule has 4 rings (SSSR count). The normalized spacial score (nSPS) is 11.9. The molecule has 5 nitrogen and oxygen atoms in total. The zero-order valence-corrected chi connectivity index (χ0v) is 14.8. The van der Waals surface area contributed by atoms with Crippen molar-refractivity contribution in [1.29, 1.82) is 0 Å². The lowest BCUT2D eigenvalue weighted by Gasteiger charge is -2.14. The number of aromatic nitrogens is 2. The minimum absolute atomic E-state index is 0.207. The Labute approximate surface area is 157 Å². The number of ether oxygens (including phenoxy) is 1. The van der Waals surface area contributed by atoms with Crippen LogP contribution >= 0.6 is 0 Å². The molecule has 0 saturated heterocycles. The molecule has 1 amide bonds. The maximum absolute atomic E-state index is 12.4. The van der Waals surface area contributed by atoms with Gasteiger partial charge in [-0.25, -0.2) is 4.98 Å². The molecule has 5 heteroatoms.